The molecule has 0 atom stereocenters. The Labute approximate surface area is 115 Å². The molecule has 5 heteroatoms. The normalized spacial score (nSPS) is 10.4. The number of nitrogen functional groups attached to an aromatic ring is 1. The summed E-state index contributed by atoms with van der Waals surface area (Å²) in [5.74, 6) is -0.0814. The van der Waals surface area contributed by atoms with Gasteiger partial charge in [-0.15, -0.1) is 11.3 Å². The molecule has 0 saturated heterocycles. The van der Waals surface area contributed by atoms with E-state index in [4.69, 9.17) is 17.3 Å². The maximum absolute atomic E-state index is 12.3. The number of halogens is 1. The molecule has 2 N–H and O–H groups in total. The smallest absolute Gasteiger partial charge is 0.268 e. The lowest BCUT2D eigenvalue weighted by atomic mass is 10.2. The van der Waals surface area contributed by atoms with E-state index in [1.165, 1.54) is 16.2 Å². The summed E-state index contributed by atoms with van der Waals surface area (Å²) in [6, 6.07) is 8.83. The van der Waals surface area contributed by atoms with Crippen LogP contribution in [0, 0.1) is 6.92 Å². The van der Waals surface area contributed by atoms with Crippen molar-refractivity contribution in [1.82, 2.24) is 0 Å². The number of anilines is 2. The topological polar surface area (TPSA) is 46.3 Å². The quantitative estimate of drug-likeness (QED) is 0.855. The van der Waals surface area contributed by atoms with Gasteiger partial charge in [-0.2, -0.15) is 0 Å². The molecule has 0 saturated carbocycles. The summed E-state index contributed by atoms with van der Waals surface area (Å²) in [6.45, 7) is 1.97. The highest BCUT2D eigenvalue weighted by Crippen LogP contribution is 2.28. The number of hydrogen-bond donors (Lipinski definition) is 1. The summed E-state index contributed by atoms with van der Waals surface area (Å²) in [7, 11) is 1.69. The molecule has 0 spiro atoms. The SMILES string of the molecule is Cc1ccc(C(=O)N(C)c2cc(Cl)ccc2N)s1. The van der Waals surface area contributed by atoms with Gasteiger partial charge in [-0.05, 0) is 37.3 Å². The lowest BCUT2D eigenvalue weighted by molar-refractivity contribution is 0.0997. The number of nitrogens with zero attached hydrogens (tertiary/aromatic N) is 1. The van der Waals surface area contributed by atoms with Crippen LogP contribution < -0.4 is 10.6 Å². The zero-order chi connectivity index (χ0) is 13.3. The van der Waals surface area contributed by atoms with E-state index in [9.17, 15) is 4.79 Å². The zero-order valence-corrected chi connectivity index (χ0v) is 11.7. The third kappa shape index (κ3) is 2.49. The maximum atomic E-state index is 12.3. The van der Waals surface area contributed by atoms with Crippen molar-refractivity contribution in [3.63, 3.8) is 0 Å². The highest BCUT2D eigenvalue weighted by molar-refractivity contribution is 7.14. The first kappa shape index (κ1) is 12.9. The molecule has 0 aliphatic carbocycles. The minimum absolute atomic E-state index is 0.0814. The fourth-order valence-corrected chi connectivity index (χ4v) is 2.64. The first-order valence-electron chi connectivity index (χ1n) is 5.38. The lowest BCUT2D eigenvalue weighted by Crippen LogP contribution is -2.26. The first-order chi connectivity index (χ1) is 8.49. The van der Waals surface area contributed by atoms with Crippen molar-refractivity contribution in [2.45, 2.75) is 6.92 Å². The minimum Gasteiger partial charge on any atom is -0.397 e. The second kappa shape index (κ2) is 5.00. The predicted octanol–water partition coefficient (Wildman–Crippen LogP) is 3.57. The van der Waals surface area contributed by atoms with Crippen molar-refractivity contribution in [3.05, 3.63) is 45.1 Å². The molecule has 1 aromatic heterocycles. The van der Waals surface area contributed by atoms with Crippen LogP contribution in [-0.4, -0.2) is 13.0 Å². The van der Waals surface area contributed by atoms with Crippen LogP contribution in [0.5, 0.6) is 0 Å². The summed E-state index contributed by atoms with van der Waals surface area (Å²) in [5, 5.41) is 0.557. The van der Waals surface area contributed by atoms with Crippen molar-refractivity contribution in [3.8, 4) is 0 Å². The Hall–Kier alpha value is -1.52. The molecule has 18 heavy (non-hydrogen) atoms. The summed E-state index contributed by atoms with van der Waals surface area (Å²) in [4.78, 5) is 15.6. The average molecular weight is 281 g/mol. The third-order valence-corrected chi connectivity index (χ3v) is 3.83. The number of amides is 1. The Morgan fingerprint density at radius 3 is 2.67 bits per heavy atom. The van der Waals surface area contributed by atoms with E-state index in [1.54, 1.807) is 25.2 Å². The van der Waals surface area contributed by atoms with Gasteiger partial charge < -0.3 is 10.6 Å². The van der Waals surface area contributed by atoms with Gasteiger partial charge in [-0.3, -0.25) is 4.79 Å². The van der Waals surface area contributed by atoms with Crippen molar-refractivity contribution < 1.29 is 4.79 Å². The van der Waals surface area contributed by atoms with Gasteiger partial charge in [0.1, 0.15) is 0 Å². The molecule has 0 radical (unpaired) electrons. The van der Waals surface area contributed by atoms with Crippen LogP contribution in [0.2, 0.25) is 5.02 Å². The van der Waals surface area contributed by atoms with Gasteiger partial charge in [0.25, 0.3) is 5.91 Å². The number of nitrogens with two attached hydrogens (primary N) is 1. The van der Waals surface area contributed by atoms with E-state index in [-0.39, 0.29) is 5.91 Å². The molecule has 2 rings (SSSR count). The molecule has 2 aromatic rings. The molecule has 0 unspecified atom stereocenters. The van der Waals surface area contributed by atoms with Crippen LogP contribution >= 0.6 is 22.9 Å². The average Bonchev–Trinajstić information content (AvgIpc) is 2.77. The molecule has 0 aliphatic heterocycles. The van der Waals surface area contributed by atoms with E-state index < -0.39 is 0 Å². The highest BCUT2D eigenvalue weighted by Gasteiger charge is 2.17. The number of rotatable bonds is 2. The Balaban J connectivity index is 2.33. The molecule has 1 aromatic carbocycles. The van der Waals surface area contributed by atoms with Crippen LogP contribution in [0.4, 0.5) is 11.4 Å². The van der Waals surface area contributed by atoms with Crippen molar-refractivity contribution >= 4 is 40.2 Å². The van der Waals surface area contributed by atoms with E-state index in [2.05, 4.69) is 0 Å². The van der Waals surface area contributed by atoms with Crippen LogP contribution in [0.3, 0.4) is 0 Å². The van der Waals surface area contributed by atoms with E-state index in [0.29, 0.717) is 21.3 Å². The molecule has 0 bridgehead atoms. The number of carbonyl (C=O) groups excluding carboxylic acids is 1. The van der Waals surface area contributed by atoms with Gasteiger partial charge >= 0.3 is 0 Å². The van der Waals surface area contributed by atoms with Gasteiger partial charge in [-0.1, -0.05) is 11.6 Å². The van der Waals surface area contributed by atoms with Crippen molar-refractivity contribution in [2.24, 2.45) is 0 Å². The maximum Gasteiger partial charge on any atom is 0.268 e. The fraction of sp³-hybridized carbons (Fsp3) is 0.154. The monoisotopic (exact) mass is 280 g/mol. The molecule has 3 nitrogen and oxygen atoms in total. The fourth-order valence-electron chi connectivity index (χ4n) is 1.63. The molecule has 0 aliphatic rings. The Morgan fingerprint density at radius 1 is 1.33 bits per heavy atom. The van der Waals surface area contributed by atoms with Gasteiger partial charge in [0.15, 0.2) is 0 Å². The van der Waals surface area contributed by atoms with Gasteiger partial charge in [-0.25, -0.2) is 0 Å². The van der Waals surface area contributed by atoms with Crippen molar-refractivity contribution in [2.75, 3.05) is 17.7 Å². The lowest BCUT2D eigenvalue weighted by Gasteiger charge is -2.18. The largest absolute Gasteiger partial charge is 0.397 e. The van der Waals surface area contributed by atoms with E-state index in [1.807, 2.05) is 19.1 Å². The van der Waals surface area contributed by atoms with E-state index in [0.717, 1.165) is 4.88 Å². The summed E-state index contributed by atoms with van der Waals surface area (Å²) >= 11 is 7.39. The van der Waals surface area contributed by atoms with Crippen LogP contribution in [0.15, 0.2) is 30.3 Å². The number of carbonyl (C=O) groups is 1. The van der Waals surface area contributed by atoms with Gasteiger partial charge in [0, 0.05) is 16.9 Å². The van der Waals surface area contributed by atoms with Crippen LogP contribution in [0.25, 0.3) is 0 Å². The number of benzene rings is 1. The summed E-state index contributed by atoms with van der Waals surface area (Å²) < 4.78 is 0. The standard InChI is InChI=1S/C13H13ClN2OS/c1-8-3-6-12(18-8)13(17)16(2)11-7-9(14)4-5-10(11)15/h3-7H,15H2,1-2H3. The number of hydrogen-bond acceptors (Lipinski definition) is 3. The van der Waals surface area contributed by atoms with E-state index >= 15 is 0 Å². The highest BCUT2D eigenvalue weighted by atomic mass is 35.5. The second-order valence-electron chi connectivity index (χ2n) is 3.98. The minimum atomic E-state index is -0.0814. The molecule has 0 fully saturated rings. The molecule has 1 heterocycles. The van der Waals surface area contributed by atoms with Crippen molar-refractivity contribution in [1.29, 1.82) is 0 Å². The predicted molar refractivity (Wildman–Crippen MR) is 77.7 cm³/mol. The van der Waals surface area contributed by atoms with Crippen LogP contribution in [0.1, 0.15) is 14.5 Å². The zero-order valence-electron chi connectivity index (χ0n) is 10.1. The first-order valence-corrected chi connectivity index (χ1v) is 6.58. The van der Waals surface area contributed by atoms with Gasteiger partial charge in [0.2, 0.25) is 0 Å². The second-order valence-corrected chi connectivity index (χ2v) is 5.70. The third-order valence-electron chi connectivity index (χ3n) is 2.61. The Bertz CT molecular complexity index is 594. The Morgan fingerprint density at radius 2 is 2.06 bits per heavy atom. The molecular formula is C13H13ClN2OS. The molecule has 94 valence electrons. The van der Waals surface area contributed by atoms with Gasteiger partial charge in [0.05, 0.1) is 16.3 Å². The number of thiophene rings is 1. The molecular weight excluding hydrogens is 268 g/mol. The number of aryl methyl sites for hydroxylation is 1. The molecule has 1 amide bonds. The summed E-state index contributed by atoms with van der Waals surface area (Å²) in [5.41, 5.74) is 7.02. The summed E-state index contributed by atoms with van der Waals surface area (Å²) in [6.07, 6.45) is 0. The van der Waals surface area contributed by atoms with Crippen LogP contribution in [-0.2, 0) is 0 Å². The Kier molecular flexibility index (Phi) is 3.59.